The zero-order valence-corrected chi connectivity index (χ0v) is 15.2. The van der Waals surface area contributed by atoms with Crippen LogP contribution in [0.3, 0.4) is 0 Å². The van der Waals surface area contributed by atoms with Gasteiger partial charge in [0.05, 0.1) is 9.80 Å². The smallest absolute Gasteiger partial charge is 0.270 e. The molecule has 0 bridgehead atoms. The number of non-ortho nitro benzene ring substituents is 1. The normalized spacial score (nSPS) is 19.8. The SMILES string of the molecule is CC1(C)CN(C(=O)c2cc3cc([N+](=O)[O-])ccc3s2)CCC1N.Cl. The van der Waals surface area contributed by atoms with Crippen molar-refractivity contribution < 1.29 is 9.72 Å². The quantitative estimate of drug-likeness (QED) is 0.648. The highest BCUT2D eigenvalue weighted by Gasteiger charge is 2.35. The molecule has 3 rings (SSSR count). The molecular weight excluding hydrogens is 350 g/mol. The van der Waals surface area contributed by atoms with Crippen LogP contribution >= 0.6 is 23.7 Å². The molecule has 1 fully saturated rings. The second-order valence-electron chi connectivity index (χ2n) is 6.70. The number of nitrogens with two attached hydrogens (primary N) is 1. The van der Waals surface area contributed by atoms with Crippen LogP contribution in [0.15, 0.2) is 24.3 Å². The van der Waals surface area contributed by atoms with Crippen molar-refractivity contribution >= 4 is 45.4 Å². The highest BCUT2D eigenvalue weighted by atomic mass is 35.5. The lowest BCUT2D eigenvalue weighted by Crippen LogP contribution is -2.53. The monoisotopic (exact) mass is 369 g/mol. The Morgan fingerprint density at radius 1 is 1.42 bits per heavy atom. The Bertz CT molecular complexity index is 790. The third-order valence-corrected chi connectivity index (χ3v) is 5.62. The minimum absolute atomic E-state index is 0. The van der Waals surface area contributed by atoms with Gasteiger partial charge in [0.25, 0.3) is 11.6 Å². The number of likely N-dealkylation sites (tertiary alicyclic amines) is 1. The second-order valence-corrected chi connectivity index (χ2v) is 7.78. The maximum atomic E-state index is 12.7. The molecule has 6 nitrogen and oxygen atoms in total. The van der Waals surface area contributed by atoms with E-state index in [4.69, 9.17) is 5.73 Å². The maximum Gasteiger partial charge on any atom is 0.270 e. The van der Waals surface area contributed by atoms with Gasteiger partial charge in [0.1, 0.15) is 0 Å². The summed E-state index contributed by atoms with van der Waals surface area (Å²) in [6.07, 6.45) is 0.787. The predicted molar refractivity (Wildman–Crippen MR) is 98.0 cm³/mol. The van der Waals surface area contributed by atoms with E-state index in [9.17, 15) is 14.9 Å². The van der Waals surface area contributed by atoms with Gasteiger partial charge in [-0.05, 0) is 24.0 Å². The molecule has 0 saturated carbocycles. The van der Waals surface area contributed by atoms with Gasteiger partial charge < -0.3 is 10.6 Å². The van der Waals surface area contributed by atoms with Crippen molar-refractivity contribution in [3.8, 4) is 0 Å². The highest BCUT2D eigenvalue weighted by Crippen LogP contribution is 2.32. The zero-order valence-electron chi connectivity index (χ0n) is 13.5. The molecule has 8 heteroatoms. The number of carbonyl (C=O) groups excluding carboxylic acids is 1. The Kier molecular flexibility index (Phi) is 5.17. The van der Waals surface area contributed by atoms with Crippen LogP contribution in [0.25, 0.3) is 10.1 Å². The lowest BCUT2D eigenvalue weighted by Gasteiger charge is -2.42. The first-order valence-electron chi connectivity index (χ1n) is 7.51. The average molecular weight is 370 g/mol. The number of rotatable bonds is 2. The van der Waals surface area contributed by atoms with E-state index in [0.29, 0.717) is 18.0 Å². The van der Waals surface area contributed by atoms with E-state index in [1.807, 2.05) is 4.90 Å². The van der Waals surface area contributed by atoms with Gasteiger partial charge in [-0.3, -0.25) is 14.9 Å². The van der Waals surface area contributed by atoms with E-state index in [1.165, 1.54) is 23.5 Å². The fourth-order valence-corrected chi connectivity index (χ4v) is 3.96. The molecule has 1 aromatic carbocycles. The second kappa shape index (κ2) is 6.66. The van der Waals surface area contributed by atoms with Crippen LogP contribution in [0.4, 0.5) is 5.69 Å². The number of hydrogen-bond acceptors (Lipinski definition) is 5. The summed E-state index contributed by atoms with van der Waals surface area (Å²) in [6.45, 7) is 5.43. The summed E-state index contributed by atoms with van der Waals surface area (Å²) in [5.74, 6) is -0.0196. The summed E-state index contributed by atoms with van der Waals surface area (Å²) >= 11 is 1.38. The number of fused-ring (bicyclic) bond motifs is 1. The van der Waals surface area contributed by atoms with Crippen molar-refractivity contribution in [3.05, 3.63) is 39.3 Å². The summed E-state index contributed by atoms with van der Waals surface area (Å²) < 4.78 is 0.881. The molecule has 1 aromatic heterocycles. The number of benzene rings is 1. The standard InChI is InChI=1S/C16H19N3O3S.ClH/c1-16(2)9-18(6-5-14(16)17)15(20)13-8-10-7-11(19(21)22)3-4-12(10)23-13;/h3-4,7-8,14H,5-6,9,17H2,1-2H3;1H. The lowest BCUT2D eigenvalue weighted by atomic mass is 9.79. The van der Waals surface area contributed by atoms with Gasteiger partial charge in [0.15, 0.2) is 0 Å². The maximum absolute atomic E-state index is 12.7. The number of piperidine rings is 1. The Hall–Kier alpha value is -1.70. The van der Waals surface area contributed by atoms with E-state index < -0.39 is 4.92 Å². The van der Waals surface area contributed by atoms with Gasteiger partial charge in [-0.1, -0.05) is 13.8 Å². The number of amides is 1. The van der Waals surface area contributed by atoms with Crippen LogP contribution in [0.5, 0.6) is 0 Å². The van der Waals surface area contributed by atoms with Crippen molar-refractivity contribution in [2.24, 2.45) is 11.1 Å². The zero-order chi connectivity index (χ0) is 16.8. The van der Waals surface area contributed by atoms with Crippen LogP contribution < -0.4 is 5.73 Å². The number of hydrogen-bond donors (Lipinski definition) is 1. The fraction of sp³-hybridized carbons (Fsp3) is 0.438. The predicted octanol–water partition coefficient (Wildman–Crippen LogP) is 3.43. The minimum Gasteiger partial charge on any atom is -0.337 e. The van der Waals surface area contributed by atoms with E-state index in [1.54, 1.807) is 12.1 Å². The Balaban J connectivity index is 0.00000208. The van der Waals surface area contributed by atoms with Crippen molar-refractivity contribution in [1.29, 1.82) is 0 Å². The number of nitrogens with zero attached hydrogens (tertiary/aromatic N) is 2. The van der Waals surface area contributed by atoms with Crippen LogP contribution in [-0.4, -0.2) is 34.9 Å². The Morgan fingerprint density at radius 3 is 2.75 bits per heavy atom. The molecular formula is C16H20ClN3O3S. The molecule has 1 aliphatic rings. The molecule has 2 N–H and O–H groups in total. The van der Waals surface area contributed by atoms with Crippen LogP contribution in [-0.2, 0) is 0 Å². The van der Waals surface area contributed by atoms with Crippen LogP contribution in [0, 0.1) is 15.5 Å². The number of carbonyl (C=O) groups is 1. The van der Waals surface area contributed by atoms with E-state index in [2.05, 4.69) is 13.8 Å². The molecule has 130 valence electrons. The van der Waals surface area contributed by atoms with E-state index >= 15 is 0 Å². The Morgan fingerprint density at radius 2 is 2.12 bits per heavy atom. The van der Waals surface area contributed by atoms with Gasteiger partial charge in [0.2, 0.25) is 0 Å². The molecule has 2 heterocycles. The van der Waals surface area contributed by atoms with Gasteiger partial charge in [0, 0.05) is 41.4 Å². The first-order valence-corrected chi connectivity index (χ1v) is 8.32. The topological polar surface area (TPSA) is 89.5 Å². The molecule has 1 atom stereocenters. The summed E-state index contributed by atoms with van der Waals surface area (Å²) in [4.78, 5) is 25.6. The molecule has 0 radical (unpaired) electrons. The highest BCUT2D eigenvalue weighted by molar-refractivity contribution is 7.20. The first kappa shape index (κ1) is 18.6. The largest absolute Gasteiger partial charge is 0.337 e. The van der Waals surface area contributed by atoms with Gasteiger partial charge in [-0.25, -0.2) is 0 Å². The average Bonchev–Trinajstić information content (AvgIpc) is 2.92. The van der Waals surface area contributed by atoms with E-state index in [-0.39, 0.29) is 35.5 Å². The molecule has 0 spiro atoms. The minimum atomic E-state index is -0.423. The van der Waals surface area contributed by atoms with Gasteiger partial charge in [-0.2, -0.15) is 0 Å². The molecule has 1 unspecified atom stereocenters. The molecule has 1 aliphatic heterocycles. The molecule has 2 aromatic rings. The molecule has 24 heavy (non-hydrogen) atoms. The van der Waals surface area contributed by atoms with Gasteiger partial charge >= 0.3 is 0 Å². The summed E-state index contributed by atoms with van der Waals surface area (Å²) in [6, 6.07) is 6.52. The number of nitro groups is 1. The first-order chi connectivity index (χ1) is 10.8. The molecule has 0 aliphatic carbocycles. The Labute approximate surface area is 150 Å². The summed E-state index contributed by atoms with van der Waals surface area (Å²) in [7, 11) is 0. The number of halogens is 1. The van der Waals surface area contributed by atoms with Crippen molar-refractivity contribution in [1.82, 2.24) is 4.90 Å². The van der Waals surface area contributed by atoms with Crippen molar-refractivity contribution in [3.63, 3.8) is 0 Å². The third kappa shape index (κ3) is 3.38. The van der Waals surface area contributed by atoms with Crippen LogP contribution in [0.2, 0.25) is 0 Å². The lowest BCUT2D eigenvalue weighted by molar-refractivity contribution is -0.384. The summed E-state index contributed by atoms with van der Waals surface area (Å²) in [5.41, 5.74) is 6.05. The summed E-state index contributed by atoms with van der Waals surface area (Å²) in [5, 5.41) is 11.6. The van der Waals surface area contributed by atoms with E-state index in [0.717, 1.165) is 16.5 Å². The van der Waals surface area contributed by atoms with Gasteiger partial charge in [-0.15, -0.1) is 23.7 Å². The molecule has 1 amide bonds. The fourth-order valence-electron chi connectivity index (χ4n) is 2.95. The third-order valence-electron chi connectivity index (χ3n) is 4.52. The molecule has 1 saturated heterocycles. The number of nitro benzene ring substituents is 1. The van der Waals surface area contributed by atoms with Crippen LogP contribution in [0.1, 0.15) is 29.9 Å². The number of thiophene rings is 1. The van der Waals surface area contributed by atoms with Crippen molar-refractivity contribution in [2.45, 2.75) is 26.3 Å². The van der Waals surface area contributed by atoms with Crippen molar-refractivity contribution in [2.75, 3.05) is 13.1 Å².